The van der Waals surface area contributed by atoms with Crippen LogP contribution in [0.5, 0.6) is 0 Å². The minimum atomic E-state index is 0.0124. The number of benzene rings is 1. The number of carbonyl (C=O) groups excluding carboxylic acids is 1. The normalized spacial score (nSPS) is 24.8. The number of rotatable bonds is 1. The number of piperidine rings is 1. The maximum atomic E-state index is 12.7. The molecule has 2 aromatic rings. The lowest BCUT2D eigenvalue weighted by Gasteiger charge is -2.38. The molecule has 0 bridgehead atoms. The smallest absolute Gasteiger partial charge is 0.321 e. The van der Waals surface area contributed by atoms with Gasteiger partial charge in [-0.2, -0.15) is 5.10 Å². The largest absolute Gasteiger partial charge is 0.324 e. The molecule has 24 heavy (non-hydrogen) atoms. The second kappa shape index (κ2) is 5.77. The predicted octanol–water partition coefficient (Wildman–Crippen LogP) is 2.82. The third-order valence-corrected chi connectivity index (χ3v) is 5.59. The van der Waals surface area contributed by atoms with E-state index in [4.69, 9.17) is 0 Å². The molecular weight excluding hydrogens is 302 g/mol. The second-order valence-electron chi connectivity index (χ2n) is 7.57. The van der Waals surface area contributed by atoms with E-state index in [1.54, 1.807) is 0 Å². The average molecular weight is 327 g/mol. The number of hydrogen-bond donors (Lipinski definition) is 2. The van der Waals surface area contributed by atoms with E-state index < -0.39 is 0 Å². The van der Waals surface area contributed by atoms with E-state index in [2.05, 4.69) is 27.5 Å². The SMILES string of the molecule is Cc1cc(NC(=O)N2CCC3(CCCN(C)C3)C2)cc2[nH]ncc12. The minimum absolute atomic E-state index is 0.0124. The van der Waals surface area contributed by atoms with Gasteiger partial charge >= 0.3 is 6.03 Å². The van der Waals surface area contributed by atoms with Crippen molar-refractivity contribution in [1.82, 2.24) is 20.0 Å². The second-order valence-corrected chi connectivity index (χ2v) is 7.57. The van der Waals surface area contributed by atoms with E-state index in [1.165, 1.54) is 19.4 Å². The monoisotopic (exact) mass is 327 g/mol. The van der Waals surface area contributed by atoms with Gasteiger partial charge in [-0.15, -0.1) is 0 Å². The van der Waals surface area contributed by atoms with Crippen LogP contribution < -0.4 is 5.32 Å². The highest BCUT2D eigenvalue weighted by Crippen LogP contribution is 2.38. The maximum Gasteiger partial charge on any atom is 0.321 e. The summed E-state index contributed by atoms with van der Waals surface area (Å²) in [6.07, 6.45) is 5.41. The standard InChI is InChI=1S/C18H25N5O/c1-13-8-14(9-16-15(13)10-19-21-16)20-17(24)23-7-5-18(12-23)4-3-6-22(2)11-18/h8-10H,3-7,11-12H2,1-2H3,(H,19,21)(H,20,24). The molecule has 1 aromatic carbocycles. The third kappa shape index (κ3) is 2.75. The number of likely N-dealkylation sites (tertiary alicyclic amines) is 2. The van der Waals surface area contributed by atoms with E-state index >= 15 is 0 Å². The zero-order valence-corrected chi connectivity index (χ0v) is 14.4. The molecule has 2 amide bonds. The molecule has 0 aliphatic carbocycles. The minimum Gasteiger partial charge on any atom is -0.324 e. The van der Waals surface area contributed by atoms with Crippen LogP contribution in [0.15, 0.2) is 18.3 Å². The molecule has 2 aliphatic rings. The van der Waals surface area contributed by atoms with E-state index in [0.717, 1.165) is 48.2 Å². The molecule has 1 aromatic heterocycles. The van der Waals surface area contributed by atoms with Crippen molar-refractivity contribution in [2.45, 2.75) is 26.2 Å². The Kier molecular flexibility index (Phi) is 3.72. The fourth-order valence-corrected chi connectivity index (χ4v) is 4.40. The number of aromatic nitrogens is 2. The highest BCUT2D eigenvalue weighted by molar-refractivity contribution is 5.93. The Morgan fingerprint density at radius 2 is 2.17 bits per heavy atom. The molecule has 128 valence electrons. The van der Waals surface area contributed by atoms with Gasteiger partial charge in [0.05, 0.1) is 11.7 Å². The van der Waals surface area contributed by atoms with Crippen molar-refractivity contribution < 1.29 is 4.79 Å². The molecule has 6 nitrogen and oxygen atoms in total. The molecule has 1 unspecified atom stereocenters. The van der Waals surface area contributed by atoms with Crippen LogP contribution in [0.25, 0.3) is 10.9 Å². The summed E-state index contributed by atoms with van der Waals surface area (Å²) >= 11 is 0. The zero-order valence-electron chi connectivity index (χ0n) is 14.4. The van der Waals surface area contributed by atoms with Gasteiger partial charge in [0, 0.05) is 36.1 Å². The number of aryl methyl sites for hydroxylation is 1. The van der Waals surface area contributed by atoms with Crippen molar-refractivity contribution in [3.8, 4) is 0 Å². The van der Waals surface area contributed by atoms with Crippen molar-refractivity contribution in [3.63, 3.8) is 0 Å². The summed E-state index contributed by atoms with van der Waals surface area (Å²) in [5.74, 6) is 0. The lowest BCUT2D eigenvalue weighted by molar-refractivity contribution is 0.117. The first-order valence-corrected chi connectivity index (χ1v) is 8.73. The van der Waals surface area contributed by atoms with Crippen LogP contribution in [0.3, 0.4) is 0 Å². The van der Waals surface area contributed by atoms with E-state index in [-0.39, 0.29) is 6.03 Å². The summed E-state index contributed by atoms with van der Waals surface area (Å²) in [4.78, 5) is 17.1. The number of nitrogens with one attached hydrogen (secondary N) is 2. The zero-order chi connectivity index (χ0) is 16.7. The molecule has 2 fully saturated rings. The number of fused-ring (bicyclic) bond motifs is 1. The molecule has 2 N–H and O–H groups in total. The fraction of sp³-hybridized carbons (Fsp3) is 0.556. The Morgan fingerprint density at radius 3 is 3.00 bits per heavy atom. The van der Waals surface area contributed by atoms with Gasteiger partial charge in [0.15, 0.2) is 0 Å². The van der Waals surface area contributed by atoms with Crippen molar-refractivity contribution >= 4 is 22.6 Å². The molecular formula is C18H25N5O. The molecule has 1 atom stereocenters. The molecule has 0 saturated carbocycles. The van der Waals surface area contributed by atoms with Gasteiger partial charge in [0.1, 0.15) is 0 Å². The van der Waals surface area contributed by atoms with E-state index in [1.807, 2.05) is 30.2 Å². The Labute approximate surface area is 142 Å². The fourth-order valence-electron chi connectivity index (χ4n) is 4.40. The van der Waals surface area contributed by atoms with Crippen LogP contribution >= 0.6 is 0 Å². The first-order chi connectivity index (χ1) is 11.5. The summed E-state index contributed by atoms with van der Waals surface area (Å²) in [6.45, 7) is 6.04. The number of anilines is 1. The van der Waals surface area contributed by atoms with Crippen molar-refractivity contribution in [3.05, 3.63) is 23.9 Å². The third-order valence-electron chi connectivity index (χ3n) is 5.59. The molecule has 0 radical (unpaired) electrons. The highest BCUT2D eigenvalue weighted by atomic mass is 16.2. The maximum absolute atomic E-state index is 12.7. The predicted molar refractivity (Wildman–Crippen MR) is 95.2 cm³/mol. The summed E-state index contributed by atoms with van der Waals surface area (Å²) in [6, 6.07) is 3.97. The Hall–Kier alpha value is -2.08. The number of hydrogen-bond acceptors (Lipinski definition) is 3. The lowest BCUT2D eigenvalue weighted by Crippen LogP contribution is -2.44. The number of nitrogens with zero attached hydrogens (tertiary/aromatic N) is 3. The lowest BCUT2D eigenvalue weighted by atomic mass is 9.79. The van der Waals surface area contributed by atoms with Crippen molar-refractivity contribution in [2.75, 3.05) is 38.5 Å². The highest BCUT2D eigenvalue weighted by Gasteiger charge is 2.42. The molecule has 1 spiro atoms. The number of aromatic amines is 1. The topological polar surface area (TPSA) is 64.3 Å². The van der Waals surface area contributed by atoms with Gasteiger partial charge in [0.25, 0.3) is 0 Å². The first kappa shape index (κ1) is 15.4. The summed E-state index contributed by atoms with van der Waals surface area (Å²) in [5.41, 5.74) is 3.20. The van der Waals surface area contributed by atoms with E-state index in [9.17, 15) is 4.79 Å². The molecule has 2 aliphatic heterocycles. The summed E-state index contributed by atoms with van der Waals surface area (Å²) in [5, 5.41) is 11.2. The number of urea groups is 1. The van der Waals surface area contributed by atoms with Gasteiger partial charge < -0.3 is 15.1 Å². The van der Waals surface area contributed by atoms with Crippen LogP contribution in [0.4, 0.5) is 10.5 Å². The average Bonchev–Trinajstić information content (AvgIpc) is 3.15. The van der Waals surface area contributed by atoms with Crippen LogP contribution in [0.1, 0.15) is 24.8 Å². The van der Waals surface area contributed by atoms with Crippen LogP contribution in [-0.4, -0.2) is 59.3 Å². The number of carbonyl (C=O) groups is 1. The molecule has 3 heterocycles. The van der Waals surface area contributed by atoms with E-state index in [0.29, 0.717) is 5.41 Å². The summed E-state index contributed by atoms with van der Waals surface area (Å²) in [7, 11) is 2.19. The number of H-pyrrole nitrogens is 1. The van der Waals surface area contributed by atoms with Crippen LogP contribution in [-0.2, 0) is 0 Å². The van der Waals surface area contributed by atoms with Gasteiger partial charge in [-0.05, 0) is 57.5 Å². The number of amides is 2. The Bertz CT molecular complexity index is 770. The van der Waals surface area contributed by atoms with Crippen molar-refractivity contribution in [1.29, 1.82) is 0 Å². The molecule has 6 heteroatoms. The summed E-state index contributed by atoms with van der Waals surface area (Å²) < 4.78 is 0. The Morgan fingerprint density at radius 1 is 1.29 bits per heavy atom. The first-order valence-electron chi connectivity index (χ1n) is 8.73. The van der Waals surface area contributed by atoms with Gasteiger partial charge in [-0.1, -0.05) is 0 Å². The molecule has 4 rings (SSSR count). The molecule has 2 saturated heterocycles. The quantitative estimate of drug-likeness (QED) is 0.846. The van der Waals surface area contributed by atoms with Crippen LogP contribution in [0.2, 0.25) is 0 Å². The van der Waals surface area contributed by atoms with Gasteiger partial charge in [0.2, 0.25) is 0 Å². The van der Waals surface area contributed by atoms with Gasteiger partial charge in [-0.3, -0.25) is 5.10 Å². The van der Waals surface area contributed by atoms with Crippen molar-refractivity contribution in [2.24, 2.45) is 5.41 Å². The van der Waals surface area contributed by atoms with Crippen LogP contribution in [0, 0.1) is 12.3 Å². The Balaban J connectivity index is 1.46. The van der Waals surface area contributed by atoms with Gasteiger partial charge in [-0.25, -0.2) is 4.79 Å².